The first-order valence-electron chi connectivity index (χ1n) is 11.8. The third kappa shape index (κ3) is 4.64. The van der Waals surface area contributed by atoms with Crippen LogP contribution in [0.15, 0.2) is 109 Å². The van der Waals surface area contributed by atoms with Crippen LogP contribution in [0.2, 0.25) is 0 Å². The van der Waals surface area contributed by atoms with Gasteiger partial charge in [-0.25, -0.2) is 0 Å². The maximum atomic E-state index is 13.4. The summed E-state index contributed by atoms with van der Waals surface area (Å²) in [5.41, 5.74) is 3.12. The number of fused-ring (bicyclic) bond motifs is 2. The number of carbonyl (C=O) groups excluding carboxylic acids is 2. The summed E-state index contributed by atoms with van der Waals surface area (Å²) in [4.78, 5) is 27.9. The molecule has 0 aromatic heterocycles. The van der Waals surface area contributed by atoms with Gasteiger partial charge in [-0.2, -0.15) is 0 Å². The lowest BCUT2D eigenvalue weighted by atomic mass is 10.0. The smallest absolute Gasteiger partial charge is 0.258 e. The number of nitrogens with one attached hydrogen (secondary N) is 1. The summed E-state index contributed by atoms with van der Waals surface area (Å²) < 4.78 is 0. The molecule has 0 saturated carbocycles. The van der Waals surface area contributed by atoms with Crippen LogP contribution in [0.1, 0.15) is 22.8 Å². The Kier molecular flexibility index (Phi) is 6.27. The van der Waals surface area contributed by atoms with Crippen molar-refractivity contribution in [1.29, 1.82) is 0 Å². The van der Waals surface area contributed by atoms with Crippen LogP contribution in [0.3, 0.4) is 0 Å². The Bertz CT molecular complexity index is 1510. The van der Waals surface area contributed by atoms with Crippen molar-refractivity contribution in [3.05, 3.63) is 120 Å². The first kappa shape index (κ1) is 22.4. The fourth-order valence-corrected chi connectivity index (χ4v) is 4.54. The van der Waals surface area contributed by atoms with Gasteiger partial charge in [-0.05, 0) is 59.0 Å². The van der Waals surface area contributed by atoms with Crippen LogP contribution < -0.4 is 10.2 Å². The summed E-state index contributed by atoms with van der Waals surface area (Å²) >= 11 is 0. The average Bonchev–Trinajstić information content (AvgIpc) is 2.90. The molecule has 1 N–H and O–H groups in total. The standard InChI is InChI=1S/C31H26N2O2/c1-2-33(29-16-8-12-23-10-4-6-15-28(23)29)31(35)24-17-19-26(20-18-24)32-30(34)21-25-13-7-11-22-9-3-5-14-27(22)25/h3-20H,2,21H2,1H3,(H,32,34). The van der Waals surface area contributed by atoms with Crippen molar-refractivity contribution in [2.24, 2.45) is 0 Å². The molecule has 35 heavy (non-hydrogen) atoms. The van der Waals surface area contributed by atoms with Crippen LogP contribution in [-0.2, 0) is 11.2 Å². The summed E-state index contributed by atoms with van der Waals surface area (Å²) in [6.07, 6.45) is 0.284. The van der Waals surface area contributed by atoms with E-state index in [1.165, 1.54) is 0 Å². The van der Waals surface area contributed by atoms with Crippen molar-refractivity contribution in [2.45, 2.75) is 13.3 Å². The molecule has 0 aliphatic carbocycles. The van der Waals surface area contributed by atoms with E-state index in [0.717, 1.165) is 32.8 Å². The van der Waals surface area contributed by atoms with Crippen LogP contribution in [0, 0.1) is 0 Å². The number of rotatable bonds is 6. The van der Waals surface area contributed by atoms with E-state index in [2.05, 4.69) is 5.32 Å². The molecule has 0 fully saturated rings. The second-order valence-corrected chi connectivity index (χ2v) is 8.49. The van der Waals surface area contributed by atoms with Crippen molar-refractivity contribution in [3.63, 3.8) is 0 Å². The Morgan fingerprint density at radius 1 is 0.686 bits per heavy atom. The van der Waals surface area contributed by atoms with Gasteiger partial charge in [-0.15, -0.1) is 0 Å². The normalized spacial score (nSPS) is 10.9. The van der Waals surface area contributed by atoms with Crippen molar-refractivity contribution in [3.8, 4) is 0 Å². The molecule has 0 radical (unpaired) electrons. The number of carbonyl (C=O) groups is 2. The highest BCUT2D eigenvalue weighted by atomic mass is 16.2. The number of amides is 2. The van der Waals surface area contributed by atoms with Gasteiger partial charge in [-0.3, -0.25) is 9.59 Å². The van der Waals surface area contributed by atoms with Crippen LogP contribution >= 0.6 is 0 Å². The highest BCUT2D eigenvalue weighted by Crippen LogP contribution is 2.28. The third-order valence-corrected chi connectivity index (χ3v) is 6.27. The van der Waals surface area contributed by atoms with Crippen molar-refractivity contribution in [1.82, 2.24) is 0 Å². The Morgan fingerprint density at radius 3 is 2.00 bits per heavy atom. The minimum Gasteiger partial charge on any atom is -0.326 e. The fraction of sp³-hybridized carbons (Fsp3) is 0.0968. The van der Waals surface area contributed by atoms with Crippen LogP contribution in [0.5, 0.6) is 0 Å². The third-order valence-electron chi connectivity index (χ3n) is 6.27. The van der Waals surface area contributed by atoms with E-state index in [9.17, 15) is 9.59 Å². The van der Waals surface area contributed by atoms with E-state index in [1.807, 2.05) is 91.9 Å². The quantitative estimate of drug-likeness (QED) is 0.303. The maximum Gasteiger partial charge on any atom is 0.258 e. The molecule has 2 amide bonds. The van der Waals surface area contributed by atoms with Gasteiger partial charge in [0.1, 0.15) is 0 Å². The van der Waals surface area contributed by atoms with Gasteiger partial charge < -0.3 is 10.2 Å². The van der Waals surface area contributed by atoms with Gasteiger partial charge in [0.2, 0.25) is 5.91 Å². The Hall–Kier alpha value is -4.44. The molecule has 0 saturated heterocycles. The topological polar surface area (TPSA) is 49.4 Å². The lowest BCUT2D eigenvalue weighted by Gasteiger charge is -2.23. The predicted molar refractivity (Wildman–Crippen MR) is 144 cm³/mol. The number of hydrogen-bond donors (Lipinski definition) is 1. The van der Waals surface area contributed by atoms with Crippen molar-refractivity contribution in [2.75, 3.05) is 16.8 Å². The van der Waals surface area contributed by atoms with E-state index in [-0.39, 0.29) is 18.2 Å². The number of nitrogens with zero attached hydrogens (tertiary/aromatic N) is 1. The molecule has 5 rings (SSSR count). The van der Waals surface area contributed by atoms with Crippen LogP contribution in [0.4, 0.5) is 11.4 Å². The van der Waals surface area contributed by atoms with Gasteiger partial charge in [-0.1, -0.05) is 78.9 Å². The van der Waals surface area contributed by atoms with E-state index in [4.69, 9.17) is 0 Å². The van der Waals surface area contributed by atoms with Crippen LogP contribution in [0.25, 0.3) is 21.5 Å². The van der Waals surface area contributed by atoms with Crippen LogP contribution in [-0.4, -0.2) is 18.4 Å². The predicted octanol–water partition coefficient (Wildman–Crippen LogP) is 6.84. The summed E-state index contributed by atoms with van der Waals surface area (Å²) in [6.45, 7) is 2.53. The largest absolute Gasteiger partial charge is 0.326 e. The molecular weight excluding hydrogens is 432 g/mol. The monoisotopic (exact) mass is 458 g/mol. The Balaban J connectivity index is 1.31. The van der Waals surface area contributed by atoms with Crippen molar-refractivity contribution >= 4 is 44.7 Å². The summed E-state index contributed by atoms with van der Waals surface area (Å²) in [6, 6.07) is 35.2. The minimum absolute atomic E-state index is 0.0718. The molecule has 0 heterocycles. The number of hydrogen-bond acceptors (Lipinski definition) is 2. The number of anilines is 2. The maximum absolute atomic E-state index is 13.4. The Labute approximate surface area is 204 Å². The summed E-state index contributed by atoms with van der Waals surface area (Å²) in [7, 11) is 0. The zero-order chi connectivity index (χ0) is 24.2. The molecule has 0 bridgehead atoms. The van der Waals surface area contributed by atoms with Gasteiger partial charge in [0.15, 0.2) is 0 Å². The highest BCUT2D eigenvalue weighted by Gasteiger charge is 2.18. The van der Waals surface area contributed by atoms with Gasteiger partial charge >= 0.3 is 0 Å². The first-order chi connectivity index (χ1) is 17.1. The summed E-state index contributed by atoms with van der Waals surface area (Å²) in [5, 5.41) is 7.30. The second-order valence-electron chi connectivity index (χ2n) is 8.49. The van der Waals surface area contributed by atoms with E-state index in [0.29, 0.717) is 17.8 Å². The zero-order valence-corrected chi connectivity index (χ0v) is 19.6. The molecule has 0 atom stereocenters. The molecule has 5 aromatic rings. The molecule has 0 aliphatic heterocycles. The van der Waals surface area contributed by atoms with E-state index < -0.39 is 0 Å². The van der Waals surface area contributed by atoms with Gasteiger partial charge in [0.05, 0.1) is 12.1 Å². The molecule has 4 heteroatoms. The molecule has 0 unspecified atom stereocenters. The van der Waals surface area contributed by atoms with E-state index >= 15 is 0 Å². The zero-order valence-electron chi connectivity index (χ0n) is 19.6. The molecule has 0 spiro atoms. The first-order valence-corrected chi connectivity index (χ1v) is 11.8. The molecule has 4 nitrogen and oxygen atoms in total. The van der Waals surface area contributed by atoms with Gasteiger partial charge in [0, 0.05) is 23.2 Å². The lowest BCUT2D eigenvalue weighted by molar-refractivity contribution is -0.115. The Morgan fingerprint density at radius 2 is 1.29 bits per heavy atom. The fourth-order valence-electron chi connectivity index (χ4n) is 4.54. The highest BCUT2D eigenvalue weighted by molar-refractivity contribution is 6.11. The SMILES string of the molecule is CCN(C(=O)c1ccc(NC(=O)Cc2cccc3ccccc23)cc1)c1cccc2ccccc12. The summed E-state index contributed by atoms with van der Waals surface area (Å²) in [5.74, 6) is -0.163. The van der Waals surface area contributed by atoms with Crippen molar-refractivity contribution < 1.29 is 9.59 Å². The molecule has 172 valence electrons. The minimum atomic E-state index is -0.0913. The molecule has 5 aromatic carbocycles. The molecule has 0 aliphatic rings. The number of benzene rings is 5. The van der Waals surface area contributed by atoms with Gasteiger partial charge in [0.25, 0.3) is 5.91 Å². The average molecular weight is 459 g/mol. The molecular formula is C31H26N2O2. The second kappa shape index (κ2) is 9.82. The van der Waals surface area contributed by atoms with E-state index in [1.54, 1.807) is 29.2 Å². The lowest BCUT2D eigenvalue weighted by Crippen LogP contribution is -2.30.